The Bertz CT molecular complexity index is 797. The summed E-state index contributed by atoms with van der Waals surface area (Å²) in [5.41, 5.74) is -1.36. The average Bonchev–Trinajstić information content (AvgIpc) is 2.56. The number of nitrogens with zero attached hydrogens (tertiary/aromatic N) is 5. The molecule has 0 amide bonds. The van der Waals surface area contributed by atoms with Gasteiger partial charge in [0.1, 0.15) is 12.2 Å². The van der Waals surface area contributed by atoms with Gasteiger partial charge >= 0.3 is 12.0 Å². The zero-order valence-electron chi connectivity index (χ0n) is 20.8. The summed E-state index contributed by atoms with van der Waals surface area (Å²) in [5.74, 6) is 0. The van der Waals surface area contributed by atoms with Gasteiger partial charge in [0.05, 0.1) is 7.11 Å². The number of halogens is 1. The summed E-state index contributed by atoms with van der Waals surface area (Å²) in [7, 11) is 1.70. The van der Waals surface area contributed by atoms with Crippen LogP contribution in [0.2, 0.25) is 5.28 Å². The molecule has 0 unspecified atom stereocenters. The van der Waals surface area contributed by atoms with Crippen molar-refractivity contribution in [2.24, 2.45) is 0 Å². The van der Waals surface area contributed by atoms with Gasteiger partial charge in [-0.15, -0.1) is 4.98 Å². The standard InChI is InChI=1S/C22H38ClN5O4/c1-19(2)10-14(11-20(3,4)27(19)29)31-17-24-16(23)25-18(26-17)32-15-12-21(5,6)28(30-9)22(7,8)13-15/h14-15,29H,10-13H2,1-9H3. The molecule has 182 valence electrons. The maximum absolute atomic E-state index is 10.5. The van der Waals surface area contributed by atoms with Crippen LogP contribution >= 0.6 is 11.6 Å². The molecule has 0 spiro atoms. The first-order valence-corrected chi connectivity index (χ1v) is 11.5. The van der Waals surface area contributed by atoms with E-state index in [1.54, 1.807) is 7.11 Å². The molecule has 0 aromatic carbocycles. The van der Waals surface area contributed by atoms with Crippen LogP contribution < -0.4 is 9.47 Å². The second-order valence-electron chi connectivity index (χ2n) is 11.5. The highest BCUT2D eigenvalue weighted by Crippen LogP contribution is 2.40. The molecule has 0 aliphatic carbocycles. The van der Waals surface area contributed by atoms with Gasteiger partial charge in [-0.05, 0) is 67.0 Å². The van der Waals surface area contributed by atoms with E-state index in [1.807, 2.05) is 32.8 Å². The number of piperidine rings is 2. The third-order valence-corrected chi connectivity index (χ3v) is 6.62. The van der Waals surface area contributed by atoms with Crippen LogP contribution in [-0.4, -0.2) is 71.8 Å². The van der Waals surface area contributed by atoms with Gasteiger partial charge in [-0.2, -0.15) is 20.1 Å². The molecule has 2 saturated heterocycles. The largest absolute Gasteiger partial charge is 0.460 e. The second kappa shape index (κ2) is 8.51. The van der Waals surface area contributed by atoms with Gasteiger partial charge in [0.25, 0.3) is 0 Å². The van der Waals surface area contributed by atoms with Gasteiger partial charge in [0.2, 0.25) is 5.28 Å². The predicted octanol–water partition coefficient (Wildman–Crippen LogP) is 4.28. The number of aromatic nitrogens is 3. The van der Waals surface area contributed by atoms with E-state index in [0.29, 0.717) is 12.8 Å². The molecule has 10 heteroatoms. The van der Waals surface area contributed by atoms with Crippen molar-refractivity contribution in [2.75, 3.05) is 7.11 Å². The van der Waals surface area contributed by atoms with E-state index in [2.05, 4.69) is 42.6 Å². The molecule has 0 bridgehead atoms. The number of hydrogen-bond acceptors (Lipinski definition) is 9. The minimum Gasteiger partial charge on any atom is -0.460 e. The Morgan fingerprint density at radius 3 is 1.50 bits per heavy atom. The van der Waals surface area contributed by atoms with E-state index >= 15 is 0 Å². The quantitative estimate of drug-likeness (QED) is 0.675. The molecule has 3 heterocycles. The molecule has 0 radical (unpaired) electrons. The van der Waals surface area contributed by atoms with E-state index < -0.39 is 11.1 Å². The summed E-state index contributed by atoms with van der Waals surface area (Å²) in [6, 6.07) is 0.288. The van der Waals surface area contributed by atoms with E-state index in [1.165, 1.54) is 5.06 Å². The van der Waals surface area contributed by atoms with Gasteiger partial charge in [-0.3, -0.25) is 0 Å². The molecule has 1 N–H and O–H groups in total. The summed E-state index contributed by atoms with van der Waals surface area (Å²) in [6.45, 7) is 16.4. The monoisotopic (exact) mass is 471 g/mol. The van der Waals surface area contributed by atoms with Crippen LogP contribution in [0.25, 0.3) is 0 Å². The molecule has 0 atom stereocenters. The molecule has 9 nitrogen and oxygen atoms in total. The van der Waals surface area contributed by atoms with Crippen LogP contribution in [0.15, 0.2) is 0 Å². The summed E-state index contributed by atoms with van der Waals surface area (Å²) < 4.78 is 12.3. The number of hydroxylamine groups is 4. The third kappa shape index (κ3) is 5.28. The highest BCUT2D eigenvalue weighted by atomic mass is 35.5. The van der Waals surface area contributed by atoms with Gasteiger partial charge in [0, 0.05) is 47.8 Å². The van der Waals surface area contributed by atoms with Gasteiger partial charge in [0.15, 0.2) is 0 Å². The van der Waals surface area contributed by atoms with Crippen molar-refractivity contribution in [1.29, 1.82) is 0 Å². The van der Waals surface area contributed by atoms with Crippen molar-refractivity contribution < 1.29 is 19.5 Å². The van der Waals surface area contributed by atoms with Gasteiger partial charge in [-0.25, -0.2) is 0 Å². The van der Waals surface area contributed by atoms with Gasteiger partial charge < -0.3 is 19.5 Å². The van der Waals surface area contributed by atoms with Crippen molar-refractivity contribution in [2.45, 2.75) is 115 Å². The lowest BCUT2D eigenvalue weighted by molar-refractivity contribution is -0.275. The third-order valence-electron chi connectivity index (χ3n) is 6.45. The Hall–Kier alpha value is -1.26. The number of hydrogen-bond donors (Lipinski definition) is 1. The molecule has 1 aromatic heterocycles. The van der Waals surface area contributed by atoms with E-state index in [0.717, 1.165) is 12.8 Å². The summed E-state index contributed by atoms with van der Waals surface area (Å²) in [5, 5.41) is 14.0. The van der Waals surface area contributed by atoms with Crippen LogP contribution in [0.3, 0.4) is 0 Å². The van der Waals surface area contributed by atoms with E-state index in [-0.39, 0.29) is 40.6 Å². The maximum Gasteiger partial charge on any atom is 0.324 e. The van der Waals surface area contributed by atoms with E-state index in [9.17, 15) is 5.21 Å². The summed E-state index contributed by atoms with van der Waals surface area (Å²) in [6.07, 6.45) is 2.40. The Balaban J connectivity index is 1.76. The Morgan fingerprint density at radius 1 is 0.750 bits per heavy atom. The Morgan fingerprint density at radius 2 is 1.12 bits per heavy atom. The molecule has 0 saturated carbocycles. The minimum atomic E-state index is -0.449. The lowest BCUT2D eigenvalue weighted by Gasteiger charge is -2.52. The summed E-state index contributed by atoms with van der Waals surface area (Å²) in [4.78, 5) is 18.4. The van der Waals surface area contributed by atoms with Crippen LogP contribution in [0.1, 0.15) is 81.1 Å². The SMILES string of the molecule is CON1C(C)(C)CC(Oc2nc(Cl)nc(OC3CC(C)(C)N(O)C(C)(C)C3)n2)CC1(C)C. The average molecular weight is 472 g/mol. The zero-order chi connectivity index (χ0) is 24.1. The van der Waals surface area contributed by atoms with Crippen molar-refractivity contribution in [3.8, 4) is 12.0 Å². The van der Waals surface area contributed by atoms with Crippen molar-refractivity contribution >= 4 is 11.6 Å². The van der Waals surface area contributed by atoms with Crippen molar-refractivity contribution in [3.63, 3.8) is 0 Å². The van der Waals surface area contributed by atoms with Crippen LogP contribution in [0.4, 0.5) is 0 Å². The molecule has 3 rings (SSSR count). The summed E-state index contributed by atoms with van der Waals surface area (Å²) >= 11 is 6.18. The fourth-order valence-corrected chi connectivity index (χ4v) is 5.87. The zero-order valence-corrected chi connectivity index (χ0v) is 21.5. The first-order valence-electron chi connectivity index (χ1n) is 11.1. The first-order chi connectivity index (χ1) is 14.6. The van der Waals surface area contributed by atoms with Crippen LogP contribution in [-0.2, 0) is 4.84 Å². The highest BCUT2D eigenvalue weighted by molar-refractivity contribution is 6.28. The topological polar surface area (TPSA) is 93.1 Å². The molecule has 2 aliphatic rings. The highest BCUT2D eigenvalue weighted by Gasteiger charge is 2.48. The minimum absolute atomic E-state index is 0.0240. The maximum atomic E-state index is 10.5. The fraction of sp³-hybridized carbons (Fsp3) is 0.864. The lowest BCUT2D eigenvalue weighted by Crippen LogP contribution is -2.62. The van der Waals surface area contributed by atoms with Crippen molar-refractivity contribution in [1.82, 2.24) is 25.1 Å². The normalized spacial score (nSPS) is 26.1. The first kappa shape index (κ1) is 25.4. The number of ether oxygens (including phenoxy) is 2. The van der Waals surface area contributed by atoms with Crippen molar-refractivity contribution in [3.05, 3.63) is 5.28 Å². The molecule has 1 aromatic rings. The second-order valence-corrected chi connectivity index (χ2v) is 11.8. The molecule has 2 fully saturated rings. The van der Waals surface area contributed by atoms with Crippen LogP contribution in [0, 0.1) is 0 Å². The molecular weight excluding hydrogens is 434 g/mol. The molecular formula is C22H38ClN5O4. The van der Waals surface area contributed by atoms with E-state index in [4.69, 9.17) is 25.9 Å². The predicted molar refractivity (Wildman–Crippen MR) is 121 cm³/mol. The Labute approximate surface area is 196 Å². The van der Waals surface area contributed by atoms with Gasteiger partial charge in [-0.1, -0.05) is 0 Å². The smallest absolute Gasteiger partial charge is 0.324 e. The van der Waals surface area contributed by atoms with Crippen LogP contribution in [0.5, 0.6) is 12.0 Å². The Kier molecular flexibility index (Phi) is 6.74. The molecule has 2 aliphatic heterocycles. The molecule has 32 heavy (non-hydrogen) atoms. The number of rotatable bonds is 5. The lowest BCUT2D eigenvalue weighted by atomic mass is 9.80. The fourth-order valence-electron chi connectivity index (χ4n) is 5.73.